The van der Waals surface area contributed by atoms with E-state index in [0.717, 1.165) is 5.56 Å². The van der Waals surface area contributed by atoms with E-state index in [1.165, 1.54) is 0 Å². The Morgan fingerprint density at radius 2 is 1.94 bits per heavy atom. The second kappa shape index (κ2) is 5.80. The van der Waals surface area contributed by atoms with Crippen molar-refractivity contribution in [1.82, 2.24) is 5.32 Å². The van der Waals surface area contributed by atoms with Crippen LogP contribution in [0.4, 0.5) is 5.69 Å². The normalized spacial score (nSPS) is 11.3. The van der Waals surface area contributed by atoms with E-state index in [-0.39, 0.29) is 24.6 Å². The Morgan fingerprint density at radius 1 is 1.29 bits per heavy atom. The van der Waals surface area contributed by atoms with Gasteiger partial charge in [0.05, 0.1) is 13.2 Å². The second-order valence-corrected chi connectivity index (χ2v) is 4.97. The molecule has 0 radical (unpaired) electrons. The molecular formula is C13H20N2O2. The fourth-order valence-electron chi connectivity index (χ4n) is 1.32. The third-order valence-electron chi connectivity index (χ3n) is 2.24. The molecule has 0 bridgehead atoms. The fourth-order valence-corrected chi connectivity index (χ4v) is 1.32. The van der Waals surface area contributed by atoms with Gasteiger partial charge in [-0.15, -0.1) is 0 Å². The van der Waals surface area contributed by atoms with Crippen molar-refractivity contribution in [1.29, 1.82) is 0 Å². The van der Waals surface area contributed by atoms with E-state index >= 15 is 0 Å². The van der Waals surface area contributed by atoms with Gasteiger partial charge in [-0.1, -0.05) is 18.2 Å². The first kappa shape index (κ1) is 13.7. The molecule has 0 fully saturated rings. The first-order valence-corrected chi connectivity index (χ1v) is 5.66. The SMILES string of the molecule is CC(C)(C)NCC(=O)Nc1ccccc1CO. The van der Waals surface area contributed by atoms with Crippen LogP contribution >= 0.6 is 0 Å². The van der Waals surface area contributed by atoms with Crippen LogP contribution < -0.4 is 10.6 Å². The summed E-state index contributed by atoms with van der Waals surface area (Å²) in [7, 11) is 0. The molecule has 0 aromatic heterocycles. The predicted octanol–water partition coefficient (Wildman–Crippen LogP) is 1.51. The Kier molecular flexibility index (Phi) is 4.66. The quantitative estimate of drug-likeness (QED) is 0.742. The van der Waals surface area contributed by atoms with Crippen molar-refractivity contribution >= 4 is 11.6 Å². The monoisotopic (exact) mass is 236 g/mol. The number of nitrogens with one attached hydrogen (secondary N) is 2. The third kappa shape index (κ3) is 4.97. The Balaban J connectivity index is 2.56. The van der Waals surface area contributed by atoms with Gasteiger partial charge in [0.15, 0.2) is 0 Å². The van der Waals surface area contributed by atoms with E-state index in [9.17, 15) is 4.79 Å². The first-order chi connectivity index (χ1) is 7.92. The molecule has 0 heterocycles. The fraction of sp³-hybridized carbons (Fsp3) is 0.462. The van der Waals surface area contributed by atoms with Gasteiger partial charge in [-0.3, -0.25) is 4.79 Å². The van der Waals surface area contributed by atoms with E-state index in [2.05, 4.69) is 10.6 Å². The summed E-state index contributed by atoms with van der Waals surface area (Å²) in [5.74, 6) is -0.110. The number of para-hydroxylation sites is 1. The Morgan fingerprint density at radius 3 is 2.53 bits per heavy atom. The highest BCUT2D eigenvalue weighted by molar-refractivity contribution is 5.93. The molecule has 0 saturated heterocycles. The number of anilines is 1. The molecule has 0 spiro atoms. The Hall–Kier alpha value is -1.39. The summed E-state index contributed by atoms with van der Waals surface area (Å²) >= 11 is 0. The van der Waals surface area contributed by atoms with Gasteiger partial charge in [0, 0.05) is 16.8 Å². The van der Waals surface area contributed by atoms with Gasteiger partial charge in [-0.25, -0.2) is 0 Å². The zero-order valence-electron chi connectivity index (χ0n) is 10.6. The minimum atomic E-state index is -0.110. The smallest absolute Gasteiger partial charge is 0.238 e. The van der Waals surface area contributed by atoms with Gasteiger partial charge in [0.25, 0.3) is 0 Å². The highest BCUT2D eigenvalue weighted by atomic mass is 16.3. The van der Waals surface area contributed by atoms with Gasteiger partial charge in [-0.05, 0) is 26.8 Å². The van der Waals surface area contributed by atoms with Crippen LogP contribution in [-0.4, -0.2) is 23.1 Å². The van der Waals surface area contributed by atoms with Crippen LogP contribution in [0.5, 0.6) is 0 Å². The number of hydrogen-bond donors (Lipinski definition) is 3. The summed E-state index contributed by atoms with van der Waals surface area (Å²) in [5.41, 5.74) is 1.29. The predicted molar refractivity (Wildman–Crippen MR) is 68.8 cm³/mol. The van der Waals surface area contributed by atoms with E-state index in [4.69, 9.17) is 5.11 Å². The molecule has 17 heavy (non-hydrogen) atoms. The second-order valence-electron chi connectivity index (χ2n) is 4.97. The van der Waals surface area contributed by atoms with Crippen LogP contribution in [0.1, 0.15) is 26.3 Å². The van der Waals surface area contributed by atoms with E-state index in [0.29, 0.717) is 5.69 Å². The molecule has 4 heteroatoms. The van der Waals surface area contributed by atoms with Crippen LogP contribution in [0.3, 0.4) is 0 Å². The van der Waals surface area contributed by atoms with Crippen LogP contribution in [0, 0.1) is 0 Å². The number of aliphatic hydroxyl groups is 1. The molecule has 0 aliphatic heterocycles. The Bertz CT molecular complexity index is 383. The summed E-state index contributed by atoms with van der Waals surface area (Å²) in [5, 5.41) is 15.0. The highest BCUT2D eigenvalue weighted by Gasteiger charge is 2.12. The summed E-state index contributed by atoms with van der Waals surface area (Å²) in [6.07, 6.45) is 0. The number of carbonyl (C=O) groups excluding carboxylic acids is 1. The lowest BCUT2D eigenvalue weighted by atomic mass is 10.1. The summed E-state index contributed by atoms with van der Waals surface area (Å²) in [6, 6.07) is 7.22. The van der Waals surface area contributed by atoms with E-state index in [1.54, 1.807) is 12.1 Å². The largest absolute Gasteiger partial charge is 0.392 e. The van der Waals surface area contributed by atoms with Crippen molar-refractivity contribution in [2.24, 2.45) is 0 Å². The molecule has 1 aromatic carbocycles. The van der Waals surface area contributed by atoms with Crippen LogP contribution in [-0.2, 0) is 11.4 Å². The topological polar surface area (TPSA) is 61.4 Å². The summed E-state index contributed by atoms with van der Waals surface area (Å²) in [6.45, 7) is 6.18. The van der Waals surface area contributed by atoms with Crippen LogP contribution in [0.2, 0.25) is 0 Å². The van der Waals surface area contributed by atoms with Crippen molar-refractivity contribution in [2.75, 3.05) is 11.9 Å². The molecule has 4 nitrogen and oxygen atoms in total. The van der Waals surface area contributed by atoms with Gasteiger partial charge < -0.3 is 15.7 Å². The number of aliphatic hydroxyl groups excluding tert-OH is 1. The molecule has 1 aromatic rings. The zero-order valence-corrected chi connectivity index (χ0v) is 10.6. The van der Waals surface area contributed by atoms with Crippen molar-refractivity contribution in [3.8, 4) is 0 Å². The van der Waals surface area contributed by atoms with Gasteiger partial charge in [0.1, 0.15) is 0 Å². The van der Waals surface area contributed by atoms with Crippen LogP contribution in [0.25, 0.3) is 0 Å². The molecule has 0 atom stereocenters. The standard InChI is InChI=1S/C13H20N2O2/c1-13(2,3)14-8-12(17)15-11-7-5-4-6-10(11)9-16/h4-7,14,16H,8-9H2,1-3H3,(H,15,17). The molecule has 1 amide bonds. The van der Waals surface area contributed by atoms with E-state index in [1.807, 2.05) is 32.9 Å². The lowest BCUT2D eigenvalue weighted by molar-refractivity contribution is -0.115. The van der Waals surface area contributed by atoms with Crippen LogP contribution in [0.15, 0.2) is 24.3 Å². The molecule has 0 saturated carbocycles. The maximum Gasteiger partial charge on any atom is 0.238 e. The lowest BCUT2D eigenvalue weighted by Gasteiger charge is -2.20. The highest BCUT2D eigenvalue weighted by Crippen LogP contribution is 2.14. The molecule has 1 rings (SSSR count). The number of amides is 1. The van der Waals surface area contributed by atoms with Crippen molar-refractivity contribution < 1.29 is 9.90 Å². The van der Waals surface area contributed by atoms with Crippen molar-refractivity contribution in [3.63, 3.8) is 0 Å². The third-order valence-corrected chi connectivity index (χ3v) is 2.24. The molecular weight excluding hydrogens is 216 g/mol. The number of benzene rings is 1. The summed E-state index contributed by atoms with van der Waals surface area (Å²) < 4.78 is 0. The first-order valence-electron chi connectivity index (χ1n) is 5.66. The molecule has 0 aliphatic carbocycles. The van der Waals surface area contributed by atoms with Gasteiger partial charge in [0.2, 0.25) is 5.91 Å². The lowest BCUT2D eigenvalue weighted by Crippen LogP contribution is -2.41. The zero-order chi connectivity index (χ0) is 12.9. The average Bonchev–Trinajstić information content (AvgIpc) is 2.26. The molecule has 0 unspecified atom stereocenters. The minimum absolute atomic E-state index is 0.0802. The average molecular weight is 236 g/mol. The number of carbonyl (C=O) groups is 1. The van der Waals surface area contributed by atoms with Crippen molar-refractivity contribution in [3.05, 3.63) is 29.8 Å². The maximum atomic E-state index is 11.7. The molecule has 94 valence electrons. The number of hydrogen-bond acceptors (Lipinski definition) is 3. The van der Waals surface area contributed by atoms with E-state index < -0.39 is 0 Å². The number of rotatable bonds is 4. The Labute approximate surface area is 102 Å². The van der Waals surface area contributed by atoms with Crippen molar-refractivity contribution in [2.45, 2.75) is 32.9 Å². The summed E-state index contributed by atoms with van der Waals surface area (Å²) in [4.78, 5) is 11.7. The minimum Gasteiger partial charge on any atom is -0.392 e. The molecule has 3 N–H and O–H groups in total. The molecule has 0 aliphatic rings. The van der Waals surface area contributed by atoms with Gasteiger partial charge >= 0.3 is 0 Å². The maximum absolute atomic E-state index is 11.7. The van der Waals surface area contributed by atoms with Gasteiger partial charge in [-0.2, -0.15) is 0 Å².